The van der Waals surface area contributed by atoms with Gasteiger partial charge in [-0.2, -0.15) is 0 Å². The molecule has 2 heterocycles. The molecule has 0 amide bonds. The average Bonchev–Trinajstić information content (AvgIpc) is 2.35. The zero-order valence-corrected chi connectivity index (χ0v) is 11.0. The Morgan fingerprint density at radius 2 is 2.21 bits per heavy atom. The summed E-state index contributed by atoms with van der Waals surface area (Å²) in [6.45, 7) is 1.92. The van der Waals surface area contributed by atoms with Crippen molar-refractivity contribution in [1.29, 1.82) is 0 Å². The monoisotopic (exact) mass is 276 g/mol. The Bertz CT molecular complexity index is 638. The van der Waals surface area contributed by atoms with Gasteiger partial charge in [0.05, 0.1) is 11.4 Å². The van der Waals surface area contributed by atoms with Gasteiger partial charge in [0.15, 0.2) is 0 Å². The number of likely N-dealkylation sites (tertiary alicyclic amines) is 1. The molecule has 2 aromatic rings. The van der Waals surface area contributed by atoms with E-state index < -0.39 is 5.97 Å². The van der Waals surface area contributed by atoms with Crippen LogP contribution in [0, 0.1) is 5.92 Å². The van der Waals surface area contributed by atoms with Gasteiger partial charge >= 0.3 is 5.97 Å². The van der Waals surface area contributed by atoms with Crippen LogP contribution in [0.3, 0.4) is 0 Å². The van der Waals surface area contributed by atoms with Crippen molar-refractivity contribution in [3.8, 4) is 0 Å². The van der Waals surface area contributed by atoms with E-state index in [-0.39, 0.29) is 5.92 Å². The summed E-state index contributed by atoms with van der Waals surface area (Å²) >= 11 is 6.15. The second-order valence-corrected chi connectivity index (χ2v) is 5.24. The van der Waals surface area contributed by atoms with Crippen molar-refractivity contribution in [2.24, 2.45) is 5.92 Å². The van der Waals surface area contributed by atoms with E-state index in [9.17, 15) is 4.79 Å². The van der Waals surface area contributed by atoms with Crippen molar-refractivity contribution >= 4 is 28.5 Å². The minimum atomic E-state index is -0.713. The lowest BCUT2D eigenvalue weighted by molar-refractivity contribution is -0.147. The van der Waals surface area contributed by atoms with Gasteiger partial charge in [0, 0.05) is 36.2 Å². The molecule has 0 radical (unpaired) electrons. The fourth-order valence-corrected chi connectivity index (χ4v) is 2.64. The predicted molar refractivity (Wildman–Crippen MR) is 73.2 cm³/mol. The number of pyridine rings is 1. The number of benzene rings is 1. The number of carboxylic acid groups (broad SMARTS) is 1. The van der Waals surface area contributed by atoms with Gasteiger partial charge in [-0.15, -0.1) is 0 Å². The number of aliphatic carboxylic acids is 1. The van der Waals surface area contributed by atoms with Crippen molar-refractivity contribution in [2.45, 2.75) is 6.54 Å². The van der Waals surface area contributed by atoms with Crippen LogP contribution in [0.15, 0.2) is 30.5 Å². The standard InChI is InChI=1S/C14H13ClN2O2/c15-12-4-3-9(13-11(12)2-1-5-16-13)6-17-7-10(8-17)14(18)19/h1-5,10H,6-8H2,(H,18,19). The zero-order valence-electron chi connectivity index (χ0n) is 10.2. The van der Waals surface area contributed by atoms with Crippen LogP contribution < -0.4 is 0 Å². The highest BCUT2D eigenvalue weighted by Gasteiger charge is 2.32. The summed E-state index contributed by atoms with van der Waals surface area (Å²) in [6.07, 6.45) is 1.75. The third kappa shape index (κ3) is 2.29. The summed E-state index contributed by atoms with van der Waals surface area (Å²) in [5, 5.41) is 10.5. The zero-order chi connectivity index (χ0) is 13.4. The lowest BCUT2D eigenvalue weighted by Gasteiger charge is -2.36. The van der Waals surface area contributed by atoms with E-state index in [0.717, 1.165) is 16.5 Å². The third-order valence-electron chi connectivity index (χ3n) is 3.50. The second kappa shape index (κ2) is 4.79. The summed E-state index contributed by atoms with van der Waals surface area (Å²) in [6, 6.07) is 7.65. The van der Waals surface area contributed by atoms with Gasteiger partial charge in [-0.3, -0.25) is 14.7 Å². The highest BCUT2D eigenvalue weighted by Crippen LogP contribution is 2.27. The fourth-order valence-electron chi connectivity index (χ4n) is 2.42. The van der Waals surface area contributed by atoms with Crippen molar-refractivity contribution in [3.63, 3.8) is 0 Å². The van der Waals surface area contributed by atoms with Crippen molar-refractivity contribution in [1.82, 2.24) is 9.88 Å². The van der Waals surface area contributed by atoms with E-state index in [1.807, 2.05) is 24.3 Å². The summed E-state index contributed by atoms with van der Waals surface area (Å²) in [4.78, 5) is 17.3. The van der Waals surface area contributed by atoms with Crippen molar-refractivity contribution in [2.75, 3.05) is 13.1 Å². The van der Waals surface area contributed by atoms with Crippen molar-refractivity contribution in [3.05, 3.63) is 41.0 Å². The Morgan fingerprint density at radius 1 is 1.42 bits per heavy atom. The van der Waals surface area contributed by atoms with E-state index >= 15 is 0 Å². The van der Waals surface area contributed by atoms with Crippen LogP contribution in [-0.4, -0.2) is 34.0 Å². The Morgan fingerprint density at radius 3 is 2.95 bits per heavy atom. The topological polar surface area (TPSA) is 53.4 Å². The molecule has 1 aromatic carbocycles. The Kier molecular flexibility index (Phi) is 3.12. The van der Waals surface area contributed by atoms with Gasteiger partial charge in [-0.05, 0) is 23.8 Å². The van der Waals surface area contributed by atoms with E-state index in [1.165, 1.54) is 0 Å². The molecule has 1 saturated heterocycles. The number of carboxylic acids is 1. The molecule has 0 unspecified atom stereocenters. The van der Waals surface area contributed by atoms with E-state index in [0.29, 0.717) is 24.7 Å². The number of carbonyl (C=O) groups is 1. The first-order chi connectivity index (χ1) is 9.15. The van der Waals surface area contributed by atoms with Crippen molar-refractivity contribution < 1.29 is 9.90 Å². The Hall–Kier alpha value is -1.65. The number of fused-ring (bicyclic) bond motifs is 1. The largest absolute Gasteiger partial charge is 0.481 e. The lowest BCUT2D eigenvalue weighted by Crippen LogP contribution is -2.49. The molecule has 98 valence electrons. The minimum Gasteiger partial charge on any atom is -0.481 e. The number of aromatic nitrogens is 1. The van der Waals surface area contributed by atoms with E-state index in [2.05, 4.69) is 9.88 Å². The molecule has 0 atom stereocenters. The summed E-state index contributed by atoms with van der Waals surface area (Å²) in [7, 11) is 0. The average molecular weight is 277 g/mol. The second-order valence-electron chi connectivity index (χ2n) is 4.84. The molecule has 5 heteroatoms. The van der Waals surface area contributed by atoms with Crippen LogP contribution in [-0.2, 0) is 11.3 Å². The Balaban J connectivity index is 1.83. The number of nitrogens with zero attached hydrogens (tertiary/aromatic N) is 2. The van der Waals surface area contributed by atoms with Gasteiger partial charge in [0.2, 0.25) is 0 Å². The number of halogens is 1. The molecule has 0 aliphatic carbocycles. The van der Waals surface area contributed by atoms with Gasteiger partial charge in [0.25, 0.3) is 0 Å². The fraction of sp³-hybridized carbons (Fsp3) is 0.286. The maximum atomic E-state index is 10.8. The molecular weight excluding hydrogens is 264 g/mol. The first kappa shape index (κ1) is 12.4. The van der Waals surface area contributed by atoms with Crippen LogP contribution in [0.5, 0.6) is 0 Å². The normalized spacial score (nSPS) is 16.5. The van der Waals surface area contributed by atoms with Crippen LogP contribution in [0.25, 0.3) is 10.9 Å². The maximum absolute atomic E-state index is 10.8. The molecule has 1 N–H and O–H groups in total. The van der Waals surface area contributed by atoms with Crippen LogP contribution >= 0.6 is 11.6 Å². The van der Waals surface area contributed by atoms with Gasteiger partial charge in [-0.25, -0.2) is 0 Å². The molecule has 1 aliphatic rings. The highest BCUT2D eigenvalue weighted by molar-refractivity contribution is 6.35. The number of hydrogen-bond acceptors (Lipinski definition) is 3. The molecule has 1 aromatic heterocycles. The molecule has 4 nitrogen and oxygen atoms in total. The summed E-state index contributed by atoms with van der Waals surface area (Å²) in [5.74, 6) is -0.943. The van der Waals surface area contributed by atoms with E-state index in [4.69, 9.17) is 16.7 Å². The summed E-state index contributed by atoms with van der Waals surface area (Å²) < 4.78 is 0. The van der Waals surface area contributed by atoms with Crippen LogP contribution in [0.2, 0.25) is 5.02 Å². The van der Waals surface area contributed by atoms with Gasteiger partial charge < -0.3 is 5.11 Å². The van der Waals surface area contributed by atoms with Crippen LogP contribution in [0.4, 0.5) is 0 Å². The molecule has 0 saturated carbocycles. The quantitative estimate of drug-likeness (QED) is 0.935. The third-order valence-corrected chi connectivity index (χ3v) is 3.83. The van der Waals surface area contributed by atoms with E-state index in [1.54, 1.807) is 6.20 Å². The molecular formula is C14H13ClN2O2. The maximum Gasteiger partial charge on any atom is 0.309 e. The molecule has 1 aliphatic heterocycles. The van der Waals surface area contributed by atoms with Gasteiger partial charge in [-0.1, -0.05) is 17.7 Å². The molecule has 1 fully saturated rings. The highest BCUT2D eigenvalue weighted by atomic mass is 35.5. The molecule has 0 spiro atoms. The smallest absolute Gasteiger partial charge is 0.309 e. The number of hydrogen-bond donors (Lipinski definition) is 1. The molecule has 19 heavy (non-hydrogen) atoms. The lowest BCUT2D eigenvalue weighted by atomic mass is 9.99. The van der Waals surface area contributed by atoms with Gasteiger partial charge in [0.1, 0.15) is 0 Å². The summed E-state index contributed by atoms with van der Waals surface area (Å²) in [5.41, 5.74) is 1.98. The predicted octanol–water partition coefficient (Wildman–Crippen LogP) is 2.40. The first-order valence-corrected chi connectivity index (χ1v) is 6.50. The Labute approximate surface area is 115 Å². The SMILES string of the molecule is O=C(O)C1CN(Cc2ccc(Cl)c3cccnc23)C1. The molecule has 0 bridgehead atoms. The first-order valence-electron chi connectivity index (χ1n) is 6.12. The van der Waals surface area contributed by atoms with Crippen LogP contribution in [0.1, 0.15) is 5.56 Å². The number of rotatable bonds is 3. The molecule has 3 rings (SSSR count). The minimum absolute atomic E-state index is 0.230.